The van der Waals surface area contributed by atoms with Gasteiger partial charge in [0.2, 0.25) is 0 Å². The summed E-state index contributed by atoms with van der Waals surface area (Å²) in [5.41, 5.74) is 0. The van der Waals surface area contributed by atoms with Crippen LogP contribution < -0.4 is 14.3 Å². The Hall–Kier alpha value is -0.528. The van der Waals surface area contributed by atoms with Gasteiger partial charge in [0.15, 0.2) is 0 Å². The van der Waals surface area contributed by atoms with E-state index in [1.165, 1.54) is 24.3 Å². The standard InChI is InChI=1S/2C6H6O.Hg.6O.2W/c2*7-6-4-2-1-3-5-6;;;;;;;;;/h2*1-5,7H;;;;;;;;;/q;;+2;;;;;2*-1;2*+1/p-2. The molecule has 0 aliphatic heterocycles. The maximum absolute atomic E-state index is 10.1. The summed E-state index contributed by atoms with van der Waals surface area (Å²) in [6.45, 7) is 0. The van der Waals surface area contributed by atoms with Gasteiger partial charge in [-0.25, -0.2) is 0 Å². The molecule has 2 aromatic rings. The summed E-state index contributed by atoms with van der Waals surface area (Å²) in [6.07, 6.45) is 0. The molecule has 0 radical (unpaired) electrons. The zero-order valence-electron chi connectivity index (χ0n) is 11.6. The van der Waals surface area contributed by atoms with E-state index in [1.807, 2.05) is 0 Å². The molecule has 23 heavy (non-hydrogen) atoms. The number of rotatable bonds is 4. The molecular weight excluding hydrogens is 840 g/mol. The van der Waals surface area contributed by atoms with E-state index < -0.39 is 33.5 Å². The minimum absolute atomic E-state index is 0. The molecule has 11 heteroatoms. The van der Waals surface area contributed by atoms with E-state index in [2.05, 4.69) is 6.78 Å². The van der Waals surface area contributed by atoms with Crippen LogP contribution in [0.25, 0.3) is 0 Å². The summed E-state index contributed by atoms with van der Waals surface area (Å²) < 4.78 is 69.2. The molecular formula is C12H10HgO8W2. The third kappa shape index (κ3) is 12.5. The van der Waals surface area contributed by atoms with Crippen molar-refractivity contribution in [3.63, 3.8) is 0 Å². The van der Waals surface area contributed by atoms with E-state index in [4.69, 9.17) is 0 Å². The van der Waals surface area contributed by atoms with Crippen molar-refractivity contribution in [1.29, 1.82) is 0 Å². The number of benzene rings is 2. The van der Waals surface area contributed by atoms with Crippen molar-refractivity contribution in [2.24, 2.45) is 0 Å². The third-order valence-electron chi connectivity index (χ3n) is 1.88. The van der Waals surface area contributed by atoms with E-state index in [-0.39, 0.29) is 39.2 Å². The van der Waals surface area contributed by atoms with Gasteiger partial charge in [-0.1, -0.05) is 0 Å². The molecule has 0 heterocycles. The molecule has 0 atom stereocenters. The molecule has 0 aromatic heterocycles. The Balaban J connectivity index is 0.000000403. The van der Waals surface area contributed by atoms with Crippen molar-refractivity contribution in [1.82, 2.24) is 0 Å². The molecule has 0 fully saturated rings. The topological polar surface area (TPSA) is 133 Å². The van der Waals surface area contributed by atoms with Gasteiger partial charge in [0.1, 0.15) is 0 Å². The molecule has 0 aliphatic carbocycles. The second-order valence-electron chi connectivity index (χ2n) is 3.61. The van der Waals surface area contributed by atoms with Crippen LogP contribution in [0.5, 0.6) is 11.5 Å². The second-order valence-corrected chi connectivity index (χ2v) is 10.7. The molecule has 0 spiro atoms. The van der Waals surface area contributed by atoms with Gasteiger partial charge >= 0.3 is 161 Å². The first-order valence-electron chi connectivity index (χ1n) is 5.56. The average molecular weight is 850 g/mol. The van der Waals surface area contributed by atoms with Crippen LogP contribution in [-0.2, 0) is 74.8 Å². The molecule has 0 bridgehead atoms. The van der Waals surface area contributed by atoms with Crippen LogP contribution in [0.2, 0.25) is 0 Å². The fourth-order valence-electron chi connectivity index (χ4n) is 1.19. The molecule has 0 aliphatic rings. The fraction of sp³-hybridized carbons (Fsp3) is 0. The summed E-state index contributed by atoms with van der Waals surface area (Å²) in [6, 6.07) is 15.4. The Morgan fingerprint density at radius 2 is 0.870 bits per heavy atom. The predicted octanol–water partition coefficient (Wildman–Crippen LogP) is 0.199. The third-order valence-corrected chi connectivity index (χ3v) is 4.73. The molecule has 2 rings (SSSR count). The summed E-state index contributed by atoms with van der Waals surface area (Å²) in [5, 5.41) is 0. The minimum atomic E-state index is -5.80. The Bertz CT molecular complexity index is 707. The molecule has 120 valence electrons. The molecule has 2 aromatic carbocycles. The van der Waals surface area contributed by atoms with Crippen LogP contribution in [0.3, 0.4) is 0 Å². The SMILES string of the molecule is [Hg+2].[O]=[W](=[O])([O-])[O]c1ccccc1.[O]=[W](=[O])([O-])[O]c1ccccc1. The van der Waals surface area contributed by atoms with Crippen LogP contribution in [0.1, 0.15) is 0 Å². The zero-order chi connectivity index (χ0) is 16.6. The van der Waals surface area contributed by atoms with Crippen molar-refractivity contribution < 1.29 is 89.1 Å². The molecule has 0 saturated carbocycles. The zero-order valence-corrected chi connectivity index (χ0v) is 22.9. The Labute approximate surface area is 160 Å². The van der Waals surface area contributed by atoms with Gasteiger partial charge in [0, 0.05) is 0 Å². The molecule has 0 N–H and O–H groups in total. The summed E-state index contributed by atoms with van der Waals surface area (Å²) in [7, 11) is 0. The fourth-order valence-corrected chi connectivity index (χ4v) is 3.68. The Morgan fingerprint density at radius 1 is 0.609 bits per heavy atom. The number of hydrogen-bond acceptors (Lipinski definition) is 8. The van der Waals surface area contributed by atoms with Crippen molar-refractivity contribution in [3.8, 4) is 11.5 Å². The van der Waals surface area contributed by atoms with E-state index in [0.29, 0.717) is 0 Å². The Morgan fingerprint density at radius 3 is 1.09 bits per heavy atom. The van der Waals surface area contributed by atoms with Gasteiger partial charge in [-0.15, -0.1) is 0 Å². The van der Waals surface area contributed by atoms with Crippen molar-refractivity contribution in [3.05, 3.63) is 60.7 Å². The number of para-hydroxylation sites is 2. The van der Waals surface area contributed by atoms with Crippen LogP contribution in [-0.4, -0.2) is 0 Å². The second kappa shape index (κ2) is 10.4. The van der Waals surface area contributed by atoms with Gasteiger partial charge < -0.3 is 0 Å². The van der Waals surface area contributed by atoms with Crippen LogP contribution in [0.15, 0.2) is 60.7 Å². The molecule has 0 saturated heterocycles. The van der Waals surface area contributed by atoms with Gasteiger partial charge in [0.25, 0.3) is 0 Å². The summed E-state index contributed by atoms with van der Waals surface area (Å²) in [5.74, 6) is 0.171. The van der Waals surface area contributed by atoms with Crippen molar-refractivity contribution in [2.45, 2.75) is 0 Å². The molecule has 0 amide bonds. The normalized spacial score (nSPS) is 10.5. The first kappa shape index (κ1) is 22.5. The maximum atomic E-state index is 10.1. The summed E-state index contributed by atoms with van der Waals surface area (Å²) in [4.78, 5) is 0. The van der Waals surface area contributed by atoms with Crippen molar-refractivity contribution in [2.75, 3.05) is 0 Å². The van der Waals surface area contributed by atoms with Crippen LogP contribution >= 0.6 is 0 Å². The van der Waals surface area contributed by atoms with Gasteiger partial charge in [0.05, 0.1) is 0 Å². The predicted molar refractivity (Wildman–Crippen MR) is 56.9 cm³/mol. The van der Waals surface area contributed by atoms with Gasteiger partial charge in [-0.05, 0) is 0 Å². The van der Waals surface area contributed by atoms with E-state index in [1.54, 1.807) is 36.4 Å². The van der Waals surface area contributed by atoms with Gasteiger partial charge in [-0.3, -0.25) is 0 Å². The van der Waals surface area contributed by atoms with Crippen molar-refractivity contribution >= 4 is 0 Å². The summed E-state index contributed by atoms with van der Waals surface area (Å²) >= 11 is -11.6. The first-order chi connectivity index (χ1) is 10.2. The van der Waals surface area contributed by atoms with Crippen LogP contribution in [0.4, 0.5) is 0 Å². The molecule has 8 nitrogen and oxygen atoms in total. The van der Waals surface area contributed by atoms with Gasteiger partial charge in [-0.2, -0.15) is 0 Å². The van der Waals surface area contributed by atoms with E-state index in [0.717, 1.165) is 0 Å². The monoisotopic (exact) mass is 852 g/mol. The quantitative estimate of drug-likeness (QED) is 0.399. The van der Waals surface area contributed by atoms with E-state index in [9.17, 15) is 21.1 Å². The molecule has 0 unspecified atom stereocenters. The first-order valence-corrected chi connectivity index (χ1v) is 15.1. The van der Waals surface area contributed by atoms with E-state index >= 15 is 0 Å². The average Bonchev–Trinajstić information content (AvgIpc) is 2.38. The Kier molecular flexibility index (Phi) is 10.1. The van der Waals surface area contributed by atoms with Crippen LogP contribution in [0, 0.1) is 0 Å². The number of hydrogen-bond donors (Lipinski definition) is 0.